The van der Waals surface area contributed by atoms with E-state index in [2.05, 4.69) is 10.3 Å². The van der Waals surface area contributed by atoms with E-state index in [9.17, 15) is 14.9 Å². The summed E-state index contributed by atoms with van der Waals surface area (Å²) in [6.45, 7) is 1.81. The predicted octanol–water partition coefficient (Wildman–Crippen LogP) is 2.12. The molecule has 0 bridgehead atoms. The van der Waals surface area contributed by atoms with Crippen LogP contribution < -0.4 is 11.1 Å². The number of rotatable bonds is 4. The number of thiophene rings is 1. The number of pyridine rings is 1. The molecule has 0 radical (unpaired) electrons. The van der Waals surface area contributed by atoms with Crippen molar-refractivity contribution < 1.29 is 9.72 Å². The third-order valence-corrected chi connectivity index (χ3v) is 3.72. The molecule has 0 saturated heterocycles. The molecule has 0 aliphatic rings. The number of carbonyl (C=O) groups is 1. The second-order valence-electron chi connectivity index (χ2n) is 4.09. The minimum absolute atomic E-state index is 0.0597. The summed E-state index contributed by atoms with van der Waals surface area (Å²) < 4.78 is 0. The zero-order valence-electron chi connectivity index (χ0n) is 10.6. The molecule has 104 valence electrons. The third kappa shape index (κ3) is 2.91. The summed E-state index contributed by atoms with van der Waals surface area (Å²) in [7, 11) is 0. The standard InChI is InChI=1S/C12H12N4O3S/c1-7(10-3-2-4-20-10)15-12(17)8-5-11(13)14-6-9(8)16(18)19/h2-7H,1H3,(H2,13,14)(H,15,17). The van der Waals surface area contributed by atoms with Crippen LogP contribution in [0.15, 0.2) is 29.8 Å². The van der Waals surface area contributed by atoms with Crippen molar-refractivity contribution in [2.24, 2.45) is 0 Å². The van der Waals surface area contributed by atoms with E-state index in [1.165, 1.54) is 17.4 Å². The molecule has 7 nitrogen and oxygen atoms in total. The Morgan fingerprint density at radius 2 is 2.35 bits per heavy atom. The number of amides is 1. The number of nitro groups is 1. The molecule has 2 heterocycles. The highest BCUT2D eigenvalue weighted by Crippen LogP contribution is 2.22. The third-order valence-electron chi connectivity index (χ3n) is 2.66. The number of nitrogen functional groups attached to an aromatic ring is 1. The van der Waals surface area contributed by atoms with Crippen molar-refractivity contribution in [3.05, 3.63) is 50.3 Å². The maximum atomic E-state index is 12.1. The van der Waals surface area contributed by atoms with Crippen molar-refractivity contribution in [2.75, 3.05) is 5.73 Å². The van der Waals surface area contributed by atoms with Crippen LogP contribution in [0.2, 0.25) is 0 Å². The van der Waals surface area contributed by atoms with E-state index in [0.717, 1.165) is 11.1 Å². The highest BCUT2D eigenvalue weighted by Gasteiger charge is 2.22. The summed E-state index contributed by atoms with van der Waals surface area (Å²) in [4.78, 5) is 27.0. The van der Waals surface area contributed by atoms with Crippen LogP contribution in [0.25, 0.3) is 0 Å². The zero-order chi connectivity index (χ0) is 14.7. The molecule has 0 saturated carbocycles. The molecule has 0 spiro atoms. The molecule has 0 aliphatic carbocycles. The fourth-order valence-electron chi connectivity index (χ4n) is 1.67. The first-order chi connectivity index (χ1) is 9.49. The molecule has 0 aromatic carbocycles. The first-order valence-corrected chi connectivity index (χ1v) is 6.61. The lowest BCUT2D eigenvalue weighted by Crippen LogP contribution is -2.27. The van der Waals surface area contributed by atoms with Crippen LogP contribution in [-0.4, -0.2) is 15.8 Å². The first kappa shape index (κ1) is 13.9. The number of nitrogens with zero attached hydrogens (tertiary/aromatic N) is 2. The maximum absolute atomic E-state index is 12.1. The number of hydrogen-bond acceptors (Lipinski definition) is 6. The molecule has 8 heteroatoms. The number of hydrogen-bond donors (Lipinski definition) is 2. The number of anilines is 1. The lowest BCUT2D eigenvalue weighted by molar-refractivity contribution is -0.385. The van der Waals surface area contributed by atoms with Gasteiger partial charge >= 0.3 is 0 Å². The Morgan fingerprint density at radius 1 is 1.60 bits per heavy atom. The van der Waals surface area contributed by atoms with Crippen LogP contribution in [0.4, 0.5) is 11.5 Å². The van der Waals surface area contributed by atoms with Crippen LogP contribution >= 0.6 is 11.3 Å². The van der Waals surface area contributed by atoms with Gasteiger partial charge in [0.2, 0.25) is 0 Å². The summed E-state index contributed by atoms with van der Waals surface area (Å²) in [5.74, 6) is -0.490. The highest BCUT2D eigenvalue weighted by molar-refractivity contribution is 7.10. The molecule has 1 atom stereocenters. The lowest BCUT2D eigenvalue weighted by atomic mass is 10.2. The van der Waals surface area contributed by atoms with Crippen molar-refractivity contribution in [2.45, 2.75) is 13.0 Å². The Kier molecular flexibility index (Phi) is 3.94. The Labute approximate surface area is 118 Å². The molecule has 3 N–H and O–H groups in total. The Balaban J connectivity index is 2.25. The Morgan fingerprint density at radius 3 is 2.95 bits per heavy atom. The van der Waals surface area contributed by atoms with Crippen LogP contribution in [0, 0.1) is 10.1 Å². The Hall–Kier alpha value is -2.48. The van der Waals surface area contributed by atoms with Gasteiger partial charge in [-0.25, -0.2) is 4.98 Å². The van der Waals surface area contributed by atoms with E-state index < -0.39 is 10.8 Å². The normalized spacial score (nSPS) is 11.8. The minimum Gasteiger partial charge on any atom is -0.384 e. The molecule has 2 rings (SSSR count). The summed E-state index contributed by atoms with van der Waals surface area (Å²) in [5, 5.41) is 15.5. The number of carbonyl (C=O) groups excluding carboxylic acids is 1. The molecular weight excluding hydrogens is 280 g/mol. The van der Waals surface area contributed by atoms with E-state index in [1.54, 1.807) is 6.92 Å². The van der Waals surface area contributed by atoms with Crippen LogP contribution in [0.3, 0.4) is 0 Å². The van der Waals surface area contributed by atoms with Gasteiger partial charge in [-0.3, -0.25) is 14.9 Å². The molecule has 1 unspecified atom stereocenters. The summed E-state index contributed by atoms with van der Waals surface area (Å²) in [6, 6.07) is 4.71. The molecule has 2 aromatic rings. The maximum Gasteiger partial charge on any atom is 0.300 e. The number of aromatic nitrogens is 1. The van der Waals surface area contributed by atoms with Crippen molar-refractivity contribution in [3.8, 4) is 0 Å². The number of nitrogens with one attached hydrogen (secondary N) is 1. The van der Waals surface area contributed by atoms with E-state index in [1.807, 2.05) is 17.5 Å². The number of nitrogens with two attached hydrogens (primary N) is 1. The fourth-order valence-corrected chi connectivity index (χ4v) is 2.41. The van der Waals surface area contributed by atoms with Gasteiger partial charge in [0.15, 0.2) is 0 Å². The Bertz CT molecular complexity index is 642. The molecular formula is C12H12N4O3S. The SMILES string of the molecule is CC(NC(=O)c1cc(N)ncc1[N+](=O)[O-])c1cccs1. The smallest absolute Gasteiger partial charge is 0.300 e. The van der Waals surface area contributed by atoms with Crippen LogP contribution in [0.1, 0.15) is 28.2 Å². The van der Waals surface area contributed by atoms with Gasteiger partial charge in [-0.1, -0.05) is 6.07 Å². The van der Waals surface area contributed by atoms with Crippen molar-refractivity contribution in [1.82, 2.24) is 10.3 Å². The van der Waals surface area contributed by atoms with Crippen molar-refractivity contribution in [1.29, 1.82) is 0 Å². The average Bonchev–Trinajstić information content (AvgIpc) is 2.92. The summed E-state index contributed by atoms with van der Waals surface area (Å²) in [5.41, 5.74) is 5.02. The second kappa shape index (κ2) is 5.66. The van der Waals surface area contributed by atoms with Crippen molar-refractivity contribution >= 4 is 28.7 Å². The van der Waals surface area contributed by atoms with Gasteiger partial charge in [-0.2, -0.15) is 0 Å². The van der Waals surface area contributed by atoms with Crippen molar-refractivity contribution in [3.63, 3.8) is 0 Å². The van der Waals surface area contributed by atoms with E-state index in [0.29, 0.717) is 0 Å². The van der Waals surface area contributed by atoms with Gasteiger partial charge < -0.3 is 11.1 Å². The van der Waals surface area contributed by atoms with E-state index in [4.69, 9.17) is 5.73 Å². The van der Waals surface area contributed by atoms with Gasteiger partial charge in [-0.05, 0) is 24.4 Å². The van der Waals surface area contributed by atoms with Crippen LogP contribution in [0.5, 0.6) is 0 Å². The molecule has 0 aliphatic heterocycles. The molecule has 0 fully saturated rings. The summed E-state index contributed by atoms with van der Waals surface area (Å²) in [6.07, 6.45) is 0.986. The monoisotopic (exact) mass is 292 g/mol. The lowest BCUT2D eigenvalue weighted by Gasteiger charge is -2.12. The first-order valence-electron chi connectivity index (χ1n) is 5.73. The van der Waals surface area contributed by atoms with Gasteiger partial charge in [-0.15, -0.1) is 11.3 Å². The molecule has 1 amide bonds. The average molecular weight is 292 g/mol. The molecule has 2 aromatic heterocycles. The van der Waals surface area contributed by atoms with E-state index in [-0.39, 0.29) is 23.1 Å². The highest BCUT2D eigenvalue weighted by atomic mass is 32.1. The topological polar surface area (TPSA) is 111 Å². The van der Waals surface area contributed by atoms with Crippen LogP contribution in [-0.2, 0) is 0 Å². The minimum atomic E-state index is -0.656. The van der Waals surface area contributed by atoms with Gasteiger partial charge in [0.25, 0.3) is 11.6 Å². The van der Waals surface area contributed by atoms with Gasteiger partial charge in [0, 0.05) is 4.88 Å². The quantitative estimate of drug-likeness (QED) is 0.662. The summed E-state index contributed by atoms with van der Waals surface area (Å²) >= 11 is 1.50. The van der Waals surface area contributed by atoms with Gasteiger partial charge in [0.05, 0.1) is 11.0 Å². The predicted molar refractivity (Wildman–Crippen MR) is 75.5 cm³/mol. The fraction of sp³-hybridized carbons (Fsp3) is 0.167. The second-order valence-corrected chi connectivity index (χ2v) is 5.07. The largest absolute Gasteiger partial charge is 0.384 e. The van der Waals surface area contributed by atoms with E-state index >= 15 is 0 Å². The van der Waals surface area contributed by atoms with Gasteiger partial charge in [0.1, 0.15) is 17.6 Å². The zero-order valence-corrected chi connectivity index (χ0v) is 11.4. The molecule has 20 heavy (non-hydrogen) atoms.